The number of carboxylic acid groups (broad SMARTS) is 1. The van der Waals surface area contributed by atoms with Crippen LogP contribution in [0, 0.1) is 0 Å². The number of hydrogen-bond acceptors (Lipinski definition) is 4. The molecular weight excluding hydrogens is 589 g/mol. The van der Waals surface area contributed by atoms with Crippen LogP contribution in [0.15, 0.2) is 138 Å². The van der Waals surface area contributed by atoms with E-state index >= 15 is 12.8 Å². The van der Waals surface area contributed by atoms with E-state index in [1.165, 1.54) is 19.2 Å². The van der Waals surface area contributed by atoms with Gasteiger partial charge in [-0.1, -0.05) is 121 Å². The fourth-order valence-electron chi connectivity index (χ4n) is 6.09. The van der Waals surface area contributed by atoms with E-state index < -0.39 is 33.0 Å². The van der Waals surface area contributed by atoms with Crippen LogP contribution in [0.1, 0.15) is 28.0 Å². The molecule has 1 aromatic heterocycles. The molecule has 3 unspecified atom stereocenters. The third kappa shape index (κ3) is 5.52. The molecule has 0 fully saturated rings. The first kappa shape index (κ1) is 30.2. The number of hydrogen-bond donors (Lipinski definition) is 1. The quantitative estimate of drug-likeness (QED) is 0.179. The number of halogens is 1. The van der Waals surface area contributed by atoms with Crippen molar-refractivity contribution in [1.29, 1.82) is 0 Å². The summed E-state index contributed by atoms with van der Waals surface area (Å²) in [6.45, 7) is 0. The summed E-state index contributed by atoms with van der Waals surface area (Å²) < 4.78 is 52.1. The number of para-hydroxylation sites is 1. The molecule has 45 heavy (non-hydrogen) atoms. The van der Waals surface area contributed by atoms with E-state index in [-0.39, 0.29) is 24.2 Å². The van der Waals surface area contributed by atoms with E-state index in [2.05, 4.69) is 0 Å². The number of carbonyl (C=O) groups is 1. The van der Waals surface area contributed by atoms with E-state index in [1.54, 1.807) is 60.7 Å². The van der Waals surface area contributed by atoms with Gasteiger partial charge in [0.25, 0.3) is 0 Å². The van der Waals surface area contributed by atoms with Crippen molar-refractivity contribution in [3.8, 4) is 0 Å². The second-order valence-corrected chi connectivity index (χ2v) is 13.3. The highest BCUT2D eigenvalue weighted by molar-refractivity contribution is 7.90. The van der Waals surface area contributed by atoms with Gasteiger partial charge in [-0.3, -0.25) is 4.79 Å². The lowest BCUT2D eigenvalue weighted by atomic mass is 9.83. The Bertz CT molecular complexity index is 1990. The van der Waals surface area contributed by atoms with Gasteiger partial charge in [-0.2, -0.15) is 4.31 Å². The maximum Gasteiger partial charge on any atom is 0.322 e. The molecule has 1 aliphatic carbocycles. The molecule has 6 rings (SSSR count). The molecule has 0 saturated heterocycles. The van der Waals surface area contributed by atoms with Crippen LogP contribution in [0.3, 0.4) is 0 Å². The minimum atomic E-state index is -4.79. The van der Waals surface area contributed by atoms with Crippen molar-refractivity contribution >= 4 is 32.5 Å². The van der Waals surface area contributed by atoms with Gasteiger partial charge in [0.2, 0.25) is 10.0 Å². The molecule has 0 spiro atoms. The average molecular weight is 622 g/mol. The number of benzene rings is 4. The zero-order chi connectivity index (χ0) is 31.6. The number of aliphatic carboxylic acids is 1. The maximum atomic E-state index is 17.3. The van der Waals surface area contributed by atoms with E-state index in [4.69, 9.17) is 4.42 Å². The number of nitrogens with zero attached hydrogens (tertiary/aromatic N) is 1. The Kier molecular flexibility index (Phi) is 8.27. The number of rotatable bonds is 10. The van der Waals surface area contributed by atoms with Gasteiger partial charge in [0.15, 0.2) is 4.75 Å². The van der Waals surface area contributed by atoms with Crippen molar-refractivity contribution in [2.75, 3.05) is 7.05 Å². The Hall–Kier alpha value is -4.79. The van der Waals surface area contributed by atoms with Crippen LogP contribution in [0.2, 0.25) is 0 Å². The summed E-state index contributed by atoms with van der Waals surface area (Å²) in [5.41, 5.74) is 3.31. The smallest absolute Gasteiger partial charge is 0.322 e. The molecule has 6 nitrogen and oxygen atoms in total. The van der Waals surface area contributed by atoms with Crippen molar-refractivity contribution in [3.63, 3.8) is 0 Å². The van der Waals surface area contributed by atoms with Crippen molar-refractivity contribution in [1.82, 2.24) is 4.31 Å². The first-order valence-corrected chi connectivity index (χ1v) is 16.1. The molecular formula is C37H32FNO5S. The second kappa shape index (κ2) is 12.3. The molecule has 1 N–H and O–H groups in total. The second-order valence-electron chi connectivity index (χ2n) is 11.1. The van der Waals surface area contributed by atoms with Crippen LogP contribution >= 0.6 is 0 Å². The van der Waals surface area contributed by atoms with Gasteiger partial charge in [-0.15, -0.1) is 0 Å². The molecule has 0 amide bonds. The summed E-state index contributed by atoms with van der Waals surface area (Å²) in [6.07, 6.45) is 2.30. The van der Waals surface area contributed by atoms with Gasteiger partial charge in [0.05, 0.1) is 0 Å². The highest BCUT2D eigenvalue weighted by atomic mass is 32.2. The summed E-state index contributed by atoms with van der Waals surface area (Å²) >= 11 is 0. The lowest BCUT2D eigenvalue weighted by Gasteiger charge is -2.39. The maximum absolute atomic E-state index is 17.3. The SMILES string of the molecule is CN(C(Cc1ccccc1)C(=O)O)S(=O)(=O)C1(c2c(Cc3ccccc3)oc3ccccc23)C=CC(c2ccccc2)=CC1F. The highest BCUT2D eigenvalue weighted by Gasteiger charge is 2.57. The number of furan rings is 1. The predicted molar refractivity (Wildman–Crippen MR) is 174 cm³/mol. The predicted octanol–water partition coefficient (Wildman–Crippen LogP) is 7.17. The molecule has 0 bridgehead atoms. The summed E-state index contributed by atoms with van der Waals surface area (Å²) in [5.74, 6) is -1.05. The van der Waals surface area contributed by atoms with Gasteiger partial charge in [0.1, 0.15) is 23.6 Å². The van der Waals surface area contributed by atoms with E-state index in [1.807, 2.05) is 60.7 Å². The summed E-state index contributed by atoms with van der Waals surface area (Å²) in [4.78, 5) is 12.7. The van der Waals surface area contributed by atoms with Crippen LogP contribution in [0.25, 0.3) is 16.5 Å². The average Bonchev–Trinajstić information content (AvgIpc) is 3.42. The van der Waals surface area contributed by atoms with Crippen LogP contribution in [-0.2, 0) is 32.4 Å². The number of likely N-dealkylation sites (N-methyl/N-ethyl adjacent to an activating group) is 1. The van der Waals surface area contributed by atoms with Crippen LogP contribution in [-0.4, -0.2) is 43.1 Å². The third-order valence-electron chi connectivity index (χ3n) is 8.42. The molecule has 8 heteroatoms. The first-order valence-electron chi connectivity index (χ1n) is 14.6. The standard InChI is InChI=1S/C37H32FNO5S/c1-39(31(36(40)41)23-26-13-5-2-6-14-26)45(42,43)37(22-21-29(25-34(37)38)28-17-9-4-10-18-28)35-30-19-11-12-20-32(30)44-33(35)24-27-15-7-3-8-16-27/h2-22,25,31,34H,23-24H2,1H3,(H,40,41). The molecule has 5 aromatic rings. The molecule has 1 heterocycles. The van der Waals surface area contributed by atoms with E-state index in [9.17, 15) is 9.90 Å². The van der Waals surface area contributed by atoms with E-state index in [0.29, 0.717) is 22.1 Å². The Morgan fingerprint density at radius 1 is 0.889 bits per heavy atom. The normalized spacial score (nSPS) is 19.0. The van der Waals surface area contributed by atoms with Gasteiger partial charge >= 0.3 is 5.97 Å². The lowest BCUT2D eigenvalue weighted by molar-refractivity contribution is -0.141. The zero-order valence-corrected chi connectivity index (χ0v) is 25.4. The monoisotopic (exact) mass is 621 g/mol. The fraction of sp³-hybridized carbons (Fsp3) is 0.162. The Morgan fingerprint density at radius 2 is 1.47 bits per heavy atom. The number of carboxylic acids is 1. The van der Waals surface area contributed by atoms with Gasteiger partial charge in [-0.05, 0) is 40.8 Å². The minimum Gasteiger partial charge on any atom is -0.480 e. The Labute approximate surface area is 261 Å². The lowest BCUT2D eigenvalue weighted by Crippen LogP contribution is -2.55. The van der Waals surface area contributed by atoms with Crippen LogP contribution in [0.4, 0.5) is 4.39 Å². The number of alkyl halides is 1. The molecule has 0 radical (unpaired) electrons. The topological polar surface area (TPSA) is 87.8 Å². The van der Waals surface area contributed by atoms with Gasteiger partial charge in [0, 0.05) is 24.4 Å². The van der Waals surface area contributed by atoms with Crippen molar-refractivity contribution in [3.05, 3.63) is 162 Å². The number of allylic oxidation sites excluding steroid dienone is 3. The minimum absolute atomic E-state index is 0.100. The largest absolute Gasteiger partial charge is 0.480 e. The van der Waals surface area contributed by atoms with Crippen LogP contribution < -0.4 is 0 Å². The summed E-state index contributed by atoms with van der Waals surface area (Å²) in [6, 6.07) is 32.8. The van der Waals surface area contributed by atoms with Gasteiger partial charge in [-0.25, -0.2) is 12.8 Å². The first-order chi connectivity index (χ1) is 21.7. The molecule has 3 atom stereocenters. The van der Waals surface area contributed by atoms with Crippen LogP contribution in [0.5, 0.6) is 0 Å². The Morgan fingerprint density at radius 3 is 2.09 bits per heavy atom. The third-order valence-corrected chi connectivity index (χ3v) is 10.9. The van der Waals surface area contributed by atoms with Crippen molar-refractivity contribution < 1.29 is 27.1 Å². The molecule has 1 aliphatic rings. The molecule has 0 aliphatic heterocycles. The summed E-state index contributed by atoms with van der Waals surface area (Å²) in [5, 5.41) is 10.8. The van der Waals surface area contributed by atoms with E-state index in [0.717, 1.165) is 15.4 Å². The van der Waals surface area contributed by atoms with Crippen molar-refractivity contribution in [2.24, 2.45) is 0 Å². The zero-order valence-electron chi connectivity index (χ0n) is 24.6. The van der Waals surface area contributed by atoms with Gasteiger partial charge < -0.3 is 9.52 Å². The fourth-order valence-corrected chi connectivity index (χ4v) is 8.14. The molecule has 0 saturated carbocycles. The molecule has 4 aromatic carbocycles. The summed E-state index contributed by atoms with van der Waals surface area (Å²) in [7, 11) is -3.57. The molecule has 228 valence electrons. The van der Waals surface area contributed by atoms with Crippen molar-refractivity contribution in [2.45, 2.75) is 29.8 Å². The number of sulfonamides is 1. The Balaban J connectivity index is 1.57. The highest BCUT2D eigenvalue weighted by Crippen LogP contribution is 2.49. The number of fused-ring (bicyclic) bond motifs is 1.